The van der Waals surface area contributed by atoms with Crippen molar-refractivity contribution in [3.63, 3.8) is 0 Å². The van der Waals surface area contributed by atoms with Crippen molar-refractivity contribution >= 4 is 44.6 Å². The number of hydrogen-bond donors (Lipinski definition) is 1. The molecule has 0 bridgehead atoms. The molecular weight excluding hydrogens is 440 g/mol. The van der Waals surface area contributed by atoms with Gasteiger partial charge in [-0.05, 0) is 43.0 Å². The van der Waals surface area contributed by atoms with Gasteiger partial charge in [-0.1, -0.05) is 22.8 Å². The van der Waals surface area contributed by atoms with Crippen molar-refractivity contribution in [2.24, 2.45) is 0 Å². The van der Waals surface area contributed by atoms with Gasteiger partial charge in [-0.2, -0.15) is 0 Å². The summed E-state index contributed by atoms with van der Waals surface area (Å²) in [6.07, 6.45) is -0.963. The molecule has 0 saturated heterocycles. The minimum Gasteiger partial charge on any atom is -0.451 e. The van der Waals surface area contributed by atoms with Gasteiger partial charge in [0.2, 0.25) is 6.29 Å². The molecule has 3 aromatic rings. The summed E-state index contributed by atoms with van der Waals surface area (Å²) in [6, 6.07) is 6.79. The molecule has 1 atom stereocenters. The van der Waals surface area contributed by atoms with Crippen molar-refractivity contribution in [2.75, 3.05) is 4.72 Å². The molecular formula is C18H15ClN2O6S2. The Bertz CT molecular complexity index is 1200. The van der Waals surface area contributed by atoms with Crippen molar-refractivity contribution in [2.45, 2.75) is 31.5 Å². The molecule has 1 aliphatic heterocycles. The Balaban J connectivity index is 1.51. The average Bonchev–Trinajstić information content (AvgIpc) is 3.36. The Morgan fingerprint density at radius 3 is 2.72 bits per heavy atom. The van der Waals surface area contributed by atoms with Crippen LogP contribution in [0.15, 0.2) is 39.1 Å². The van der Waals surface area contributed by atoms with E-state index in [1.54, 1.807) is 13.0 Å². The number of halogens is 1. The van der Waals surface area contributed by atoms with Crippen LogP contribution in [-0.4, -0.2) is 25.6 Å². The van der Waals surface area contributed by atoms with Gasteiger partial charge >= 0.3 is 0 Å². The van der Waals surface area contributed by atoms with Gasteiger partial charge in [0.05, 0.1) is 11.3 Å². The number of aryl methyl sites for hydroxylation is 2. The maximum absolute atomic E-state index is 12.8. The second kappa shape index (κ2) is 7.36. The molecule has 8 nitrogen and oxygen atoms in total. The number of ketones is 1. The lowest BCUT2D eigenvalue weighted by Gasteiger charge is -2.10. The molecule has 2 aromatic heterocycles. The number of nitrogens with zero attached hydrogens (tertiary/aromatic N) is 1. The van der Waals surface area contributed by atoms with E-state index in [0.29, 0.717) is 17.2 Å². The average molecular weight is 455 g/mol. The maximum Gasteiger partial charge on any atom is 0.265 e. The highest BCUT2D eigenvalue weighted by Gasteiger charge is 2.31. The summed E-state index contributed by atoms with van der Waals surface area (Å²) in [4.78, 5) is 12.6. The third kappa shape index (κ3) is 3.83. The van der Waals surface area contributed by atoms with E-state index in [9.17, 15) is 13.2 Å². The summed E-state index contributed by atoms with van der Waals surface area (Å²) in [7, 11) is -4.11. The highest BCUT2D eigenvalue weighted by atomic mass is 35.5. The predicted octanol–water partition coefficient (Wildman–Crippen LogP) is 4.18. The van der Waals surface area contributed by atoms with Gasteiger partial charge in [0.25, 0.3) is 15.9 Å². The topological polar surface area (TPSA) is 108 Å². The third-order valence-corrected chi connectivity index (χ3v) is 7.06. The number of benzene rings is 1. The van der Waals surface area contributed by atoms with E-state index in [2.05, 4.69) is 9.88 Å². The van der Waals surface area contributed by atoms with Crippen molar-refractivity contribution < 1.29 is 27.2 Å². The molecule has 11 heteroatoms. The minimum absolute atomic E-state index is 0.0532. The first kappa shape index (κ1) is 19.7. The number of rotatable bonds is 6. The van der Waals surface area contributed by atoms with E-state index in [0.717, 1.165) is 16.9 Å². The van der Waals surface area contributed by atoms with Crippen LogP contribution in [0.4, 0.5) is 5.88 Å². The van der Waals surface area contributed by atoms with Crippen LogP contribution in [0, 0.1) is 13.8 Å². The number of carbonyl (C=O) groups is 1. The second-order valence-corrected chi connectivity index (χ2v) is 9.32. The van der Waals surface area contributed by atoms with Crippen LogP contribution in [-0.2, 0) is 10.0 Å². The van der Waals surface area contributed by atoms with Gasteiger partial charge in [-0.25, -0.2) is 13.1 Å². The normalized spacial score (nSPS) is 15.5. The Hall–Kier alpha value is -2.56. The fourth-order valence-electron chi connectivity index (χ4n) is 2.75. The summed E-state index contributed by atoms with van der Waals surface area (Å²) in [6.45, 7) is 3.49. The number of carbonyl (C=O) groups excluding carboxylic acids is 1. The number of nitrogens with one attached hydrogen (secondary N) is 1. The lowest BCUT2D eigenvalue weighted by atomic mass is 10.2. The van der Waals surface area contributed by atoms with Gasteiger partial charge in [0, 0.05) is 0 Å². The molecule has 1 aliphatic rings. The number of anilines is 1. The van der Waals surface area contributed by atoms with Crippen LogP contribution in [0.2, 0.25) is 5.02 Å². The van der Waals surface area contributed by atoms with Crippen LogP contribution in [0.1, 0.15) is 27.3 Å². The van der Waals surface area contributed by atoms with Crippen LogP contribution in [0.3, 0.4) is 0 Å². The molecule has 0 saturated carbocycles. The van der Waals surface area contributed by atoms with E-state index in [1.807, 2.05) is 19.1 Å². The van der Waals surface area contributed by atoms with E-state index in [1.165, 1.54) is 11.4 Å². The van der Waals surface area contributed by atoms with Crippen molar-refractivity contribution in [1.29, 1.82) is 0 Å². The third-order valence-electron chi connectivity index (χ3n) is 4.16. The van der Waals surface area contributed by atoms with Crippen LogP contribution < -0.4 is 14.2 Å². The zero-order valence-electron chi connectivity index (χ0n) is 15.3. The highest BCUT2D eigenvalue weighted by Crippen LogP contribution is 2.37. The fraction of sp³-hybridized carbons (Fsp3) is 0.222. The van der Waals surface area contributed by atoms with E-state index in [4.69, 9.17) is 25.6 Å². The molecule has 0 radical (unpaired) electrons. The summed E-state index contributed by atoms with van der Waals surface area (Å²) in [5.74, 6) is 0.472. The molecule has 0 amide bonds. The molecule has 1 unspecified atom stereocenters. The molecule has 152 valence electrons. The summed E-state index contributed by atoms with van der Waals surface area (Å²) >= 11 is 6.98. The Morgan fingerprint density at radius 1 is 1.24 bits per heavy atom. The molecule has 0 aliphatic carbocycles. The quantitative estimate of drug-likeness (QED) is 0.556. The maximum atomic E-state index is 12.8. The second-order valence-electron chi connectivity index (χ2n) is 6.37. The standard InChI is InChI=1S/C18H15ClN2O6S2/c1-9-3-4-12-13(7-9)26-15(25-12)8-11(22)17-14(5-6-28-17)29(23,24)21-18-16(19)10(2)20-27-18/h3-7,15,21H,8H2,1-2H3. The van der Waals surface area contributed by atoms with Crippen LogP contribution in [0.5, 0.6) is 11.5 Å². The molecule has 0 fully saturated rings. The number of sulfonamides is 1. The monoisotopic (exact) mass is 454 g/mol. The number of ether oxygens (including phenoxy) is 2. The van der Waals surface area contributed by atoms with Gasteiger partial charge < -0.3 is 14.0 Å². The number of hydrogen-bond acceptors (Lipinski definition) is 8. The summed E-state index contributed by atoms with van der Waals surface area (Å²) in [5, 5.41) is 5.17. The molecule has 0 spiro atoms. The number of fused-ring (bicyclic) bond motifs is 1. The van der Waals surface area contributed by atoms with Gasteiger partial charge in [0.1, 0.15) is 15.6 Å². The largest absolute Gasteiger partial charge is 0.451 e. The minimum atomic E-state index is -4.11. The van der Waals surface area contributed by atoms with Crippen LogP contribution in [0.25, 0.3) is 0 Å². The molecule has 29 heavy (non-hydrogen) atoms. The van der Waals surface area contributed by atoms with Crippen molar-refractivity contribution in [1.82, 2.24) is 5.16 Å². The van der Waals surface area contributed by atoms with Gasteiger partial charge in [-0.3, -0.25) is 4.79 Å². The Labute approximate surface area is 175 Å². The predicted molar refractivity (Wildman–Crippen MR) is 107 cm³/mol. The zero-order valence-corrected chi connectivity index (χ0v) is 17.7. The lowest BCUT2D eigenvalue weighted by molar-refractivity contribution is 0.0392. The molecule has 4 rings (SSSR count). The van der Waals surface area contributed by atoms with E-state index >= 15 is 0 Å². The number of thiophene rings is 1. The van der Waals surface area contributed by atoms with E-state index in [-0.39, 0.29) is 27.1 Å². The highest BCUT2D eigenvalue weighted by molar-refractivity contribution is 7.93. The summed E-state index contributed by atoms with van der Waals surface area (Å²) < 4.78 is 43.9. The molecule has 1 N–H and O–H groups in total. The van der Waals surface area contributed by atoms with Crippen molar-refractivity contribution in [3.8, 4) is 11.5 Å². The van der Waals surface area contributed by atoms with E-state index < -0.39 is 22.1 Å². The van der Waals surface area contributed by atoms with Gasteiger partial charge in [0.15, 0.2) is 17.3 Å². The SMILES string of the molecule is Cc1ccc2c(c1)OC(CC(=O)c1sccc1S(=O)(=O)Nc1onc(C)c1Cl)O2. The Morgan fingerprint density at radius 2 is 2.00 bits per heavy atom. The van der Waals surface area contributed by atoms with Crippen LogP contribution >= 0.6 is 22.9 Å². The lowest BCUT2D eigenvalue weighted by Crippen LogP contribution is -2.23. The van der Waals surface area contributed by atoms with Crippen molar-refractivity contribution in [3.05, 3.63) is 50.8 Å². The number of aromatic nitrogens is 1. The fourth-order valence-corrected chi connectivity index (χ4v) is 5.32. The smallest absolute Gasteiger partial charge is 0.265 e. The zero-order chi connectivity index (χ0) is 20.8. The van der Waals surface area contributed by atoms with Gasteiger partial charge in [-0.15, -0.1) is 11.3 Å². The molecule has 1 aromatic carbocycles. The summed E-state index contributed by atoms with van der Waals surface area (Å²) in [5.41, 5.74) is 1.34. The Kier molecular flexibility index (Phi) is 5.01. The first-order valence-electron chi connectivity index (χ1n) is 8.44. The molecule has 3 heterocycles. The number of Topliss-reactive ketones (excluding diaryl/α,β-unsaturated/α-hetero) is 1. The first-order valence-corrected chi connectivity index (χ1v) is 11.2. The first-order chi connectivity index (χ1) is 13.7.